The number of nitrogens with zero attached hydrogens (tertiary/aromatic N) is 5. The number of anilines is 1. The Morgan fingerprint density at radius 3 is 2.63 bits per heavy atom. The van der Waals surface area contributed by atoms with E-state index in [1.807, 2.05) is 23.9 Å². The van der Waals surface area contributed by atoms with Crippen LogP contribution in [0.25, 0.3) is 11.4 Å². The van der Waals surface area contributed by atoms with Crippen LogP contribution in [0, 0.1) is 0 Å². The summed E-state index contributed by atoms with van der Waals surface area (Å²) in [7, 11) is 1.59. The van der Waals surface area contributed by atoms with E-state index in [-0.39, 0.29) is 17.5 Å². The largest absolute Gasteiger partial charge is 0.370 e. The number of hydrogen-bond donors (Lipinski definition) is 2. The lowest BCUT2D eigenvalue weighted by atomic mass is 10.0. The molecule has 0 unspecified atom stereocenters. The molecule has 1 amide bonds. The minimum absolute atomic E-state index is 0.0976. The predicted molar refractivity (Wildman–Crippen MR) is 114 cm³/mol. The molecule has 2 N–H and O–H groups in total. The molecule has 0 aliphatic carbocycles. The van der Waals surface area contributed by atoms with Crippen molar-refractivity contribution in [3.8, 4) is 11.4 Å². The minimum Gasteiger partial charge on any atom is -0.370 e. The highest BCUT2D eigenvalue weighted by Crippen LogP contribution is 2.27. The summed E-state index contributed by atoms with van der Waals surface area (Å²) >= 11 is 0. The molecule has 3 aromatic heterocycles. The lowest BCUT2D eigenvalue weighted by molar-refractivity contribution is 0.0958. The molecule has 9 nitrogen and oxygen atoms in total. The maximum atomic E-state index is 12.0. The van der Waals surface area contributed by atoms with Crippen LogP contribution in [-0.2, 0) is 6.42 Å². The topological polar surface area (TPSA) is 109 Å². The Balaban J connectivity index is 1.40. The lowest BCUT2D eigenvalue weighted by Gasteiger charge is -2.33. The number of carbonyl (C=O) groups is 1. The number of nitrogens with one attached hydrogen (secondary N) is 2. The molecule has 9 heteroatoms. The van der Waals surface area contributed by atoms with Crippen LogP contribution in [0.15, 0.2) is 41.7 Å². The molecule has 1 saturated heterocycles. The Hall–Kier alpha value is -3.49. The second kappa shape index (κ2) is 8.48. The fourth-order valence-electron chi connectivity index (χ4n) is 3.70. The number of hydrogen-bond acceptors (Lipinski definition) is 6. The summed E-state index contributed by atoms with van der Waals surface area (Å²) in [6.45, 7) is 3.69. The SMILES string of the molecule is CCc1cnc(-c2cnn(C3CCN(c4ccc(C(=O)NC)nc4)CC3)c2)[nH]c1=O. The smallest absolute Gasteiger partial charge is 0.269 e. The third kappa shape index (κ3) is 3.96. The average molecular weight is 407 g/mol. The molecular weight excluding hydrogens is 382 g/mol. The van der Waals surface area contributed by atoms with E-state index in [4.69, 9.17) is 0 Å². The van der Waals surface area contributed by atoms with Crippen LogP contribution < -0.4 is 15.8 Å². The zero-order valence-electron chi connectivity index (χ0n) is 17.1. The summed E-state index contributed by atoms with van der Waals surface area (Å²) in [6.07, 6.45) is 9.62. The van der Waals surface area contributed by atoms with E-state index in [1.54, 1.807) is 31.7 Å². The molecular formula is C21H25N7O2. The number of carbonyl (C=O) groups excluding carboxylic acids is 1. The standard InChI is InChI=1S/C21H25N7O2/c1-3-14-10-24-19(26-20(14)29)15-11-25-28(13-15)16-6-8-27(9-7-16)17-4-5-18(23-12-17)21(30)22-2/h4-5,10-13,16H,3,6-9H2,1-2H3,(H,22,30)(H,24,26,29). The molecule has 30 heavy (non-hydrogen) atoms. The fourth-order valence-corrected chi connectivity index (χ4v) is 3.70. The van der Waals surface area contributed by atoms with Crippen molar-refractivity contribution in [2.45, 2.75) is 32.2 Å². The maximum absolute atomic E-state index is 12.0. The zero-order chi connectivity index (χ0) is 21.1. The quantitative estimate of drug-likeness (QED) is 0.667. The van der Waals surface area contributed by atoms with E-state index in [1.165, 1.54) is 0 Å². The van der Waals surface area contributed by atoms with Crippen LogP contribution in [0.2, 0.25) is 0 Å². The van der Waals surface area contributed by atoms with Crippen molar-refractivity contribution < 1.29 is 4.79 Å². The van der Waals surface area contributed by atoms with Crippen molar-refractivity contribution in [2.24, 2.45) is 0 Å². The molecule has 1 fully saturated rings. The first kappa shape index (κ1) is 19.8. The third-order valence-corrected chi connectivity index (χ3v) is 5.54. The van der Waals surface area contributed by atoms with Crippen molar-refractivity contribution in [3.63, 3.8) is 0 Å². The number of H-pyrrole nitrogens is 1. The summed E-state index contributed by atoms with van der Waals surface area (Å²) in [4.78, 5) is 37.4. The van der Waals surface area contributed by atoms with E-state index in [0.29, 0.717) is 23.5 Å². The van der Waals surface area contributed by atoms with Gasteiger partial charge in [-0.1, -0.05) is 6.92 Å². The molecule has 0 spiro atoms. The molecule has 0 radical (unpaired) electrons. The van der Waals surface area contributed by atoms with Gasteiger partial charge in [-0.3, -0.25) is 14.3 Å². The van der Waals surface area contributed by atoms with Gasteiger partial charge >= 0.3 is 0 Å². The summed E-state index contributed by atoms with van der Waals surface area (Å²) in [6, 6.07) is 3.97. The number of piperidine rings is 1. The second-order valence-electron chi connectivity index (χ2n) is 7.35. The Labute approximate surface area is 174 Å². The van der Waals surface area contributed by atoms with Gasteiger partial charge in [0.25, 0.3) is 11.5 Å². The molecule has 3 aromatic rings. The summed E-state index contributed by atoms with van der Waals surface area (Å²) < 4.78 is 1.97. The van der Waals surface area contributed by atoms with Crippen molar-refractivity contribution in [1.82, 2.24) is 30.0 Å². The van der Waals surface area contributed by atoms with Gasteiger partial charge in [-0.15, -0.1) is 0 Å². The molecule has 0 saturated carbocycles. The fraction of sp³-hybridized carbons (Fsp3) is 0.381. The molecule has 4 heterocycles. The molecule has 1 aliphatic heterocycles. The van der Waals surface area contributed by atoms with Crippen molar-refractivity contribution in [3.05, 3.63) is 58.5 Å². The Morgan fingerprint density at radius 1 is 1.20 bits per heavy atom. The number of pyridine rings is 1. The van der Waals surface area contributed by atoms with Crippen LogP contribution in [-0.4, -0.2) is 50.8 Å². The third-order valence-electron chi connectivity index (χ3n) is 5.54. The molecule has 0 atom stereocenters. The van der Waals surface area contributed by atoms with Crippen LogP contribution in [0.4, 0.5) is 5.69 Å². The molecule has 4 rings (SSSR count). The predicted octanol–water partition coefficient (Wildman–Crippen LogP) is 1.79. The molecule has 156 valence electrons. The van der Waals surface area contributed by atoms with Crippen molar-refractivity contribution in [2.75, 3.05) is 25.0 Å². The lowest BCUT2D eigenvalue weighted by Crippen LogP contribution is -2.35. The number of rotatable bonds is 5. The summed E-state index contributed by atoms with van der Waals surface area (Å²) in [5.41, 5.74) is 2.82. The number of aromatic amines is 1. The Kier molecular flexibility index (Phi) is 5.60. The molecule has 0 bridgehead atoms. The first-order valence-corrected chi connectivity index (χ1v) is 10.1. The van der Waals surface area contributed by atoms with E-state index in [9.17, 15) is 9.59 Å². The van der Waals surface area contributed by atoms with E-state index >= 15 is 0 Å². The second-order valence-corrected chi connectivity index (χ2v) is 7.35. The summed E-state index contributed by atoms with van der Waals surface area (Å²) in [5.74, 6) is 0.359. The monoisotopic (exact) mass is 407 g/mol. The number of aryl methyl sites for hydroxylation is 1. The van der Waals surface area contributed by atoms with Crippen LogP contribution in [0.3, 0.4) is 0 Å². The highest BCUT2D eigenvalue weighted by Gasteiger charge is 2.22. The molecule has 1 aliphatic rings. The van der Waals surface area contributed by atoms with Crippen molar-refractivity contribution >= 4 is 11.6 Å². The van der Waals surface area contributed by atoms with Gasteiger partial charge in [0.2, 0.25) is 0 Å². The van der Waals surface area contributed by atoms with Gasteiger partial charge in [-0.25, -0.2) is 9.97 Å². The first-order chi connectivity index (χ1) is 14.6. The zero-order valence-corrected chi connectivity index (χ0v) is 17.1. The van der Waals surface area contributed by atoms with Gasteiger partial charge in [0.15, 0.2) is 0 Å². The van der Waals surface area contributed by atoms with E-state index < -0.39 is 0 Å². The van der Waals surface area contributed by atoms with Crippen molar-refractivity contribution in [1.29, 1.82) is 0 Å². The van der Waals surface area contributed by atoms with Gasteiger partial charge in [0.05, 0.1) is 29.7 Å². The van der Waals surface area contributed by atoms with Gasteiger partial charge in [0.1, 0.15) is 11.5 Å². The van der Waals surface area contributed by atoms with Gasteiger partial charge in [0, 0.05) is 38.1 Å². The van der Waals surface area contributed by atoms with Crippen LogP contribution >= 0.6 is 0 Å². The summed E-state index contributed by atoms with van der Waals surface area (Å²) in [5, 5.41) is 7.08. The average Bonchev–Trinajstić information content (AvgIpc) is 3.29. The highest BCUT2D eigenvalue weighted by molar-refractivity contribution is 5.92. The van der Waals surface area contributed by atoms with Crippen LogP contribution in [0.1, 0.15) is 41.9 Å². The maximum Gasteiger partial charge on any atom is 0.269 e. The Morgan fingerprint density at radius 2 is 2.00 bits per heavy atom. The number of amides is 1. The van der Waals surface area contributed by atoms with E-state index in [0.717, 1.165) is 37.2 Å². The van der Waals surface area contributed by atoms with Gasteiger partial charge in [-0.2, -0.15) is 5.10 Å². The molecule has 0 aromatic carbocycles. The Bertz CT molecular complexity index is 1080. The van der Waals surface area contributed by atoms with Crippen LogP contribution in [0.5, 0.6) is 0 Å². The highest BCUT2D eigenvalue weighted by atomic mass is 16.1. The van der Waals surface area contributed by atoms with E-state index in [2.05, 4.69) is 30.3 Å². The normalized spacial score (nSPS) is 14.7. The van der Waals surface area contributed by atoms with Gasteiger partial charge in [-0.05, 0) is 31.4 Å². The first-order valence-electron chi connectivity index (χ1n) is 10.1. The minimum atomic E-state index is -0.185. The van der Waals surface area contributed by atoms with Gasteiger partial charge < -0.3 is 15.2 Å². The number of aromatic nitrogens is 5.